The molecule has 16 heavy (non-hydrogen) atoms. The molecule has 0 amide bonds. The summed E-state index contributed by atoms with van der Waals surface area (Å²) >= 11 is 3.37. The average Bonchev–Trinajstić information content (AvgIpc) is 2.26. The topological polar surface area (TPSA) is 54.2 Å². The van der Waals surface area contributed by atoms with E-state index in [9.17, 15) is 0 Å². The third-order valence-corrected chi connectivity index (χ3v) is 2.87. The lowest BCUT2D eigenvalue weighted by atomic mass is 10.1. The van der Waals surface area contributed by atoms with E-state index in [0.29, 0.717) is 0 Å². The number of nitrogens with one attached hydrogen (secondary N) is 1. The van der Waals surface area contributed by atoms with Crippen LogP contribution < -0.4 is 11.3 Å². The molecule has 4 nitrogen and oxygen atoms in total. The maximum Gasteiger partial charge on any atom is 0.0420 e. The summed E-state index contributed by atoms with van der Waals surface area (Å²) in [7, 11) is 4.12. The molecule has 0 radical (unpaired) electrons. The lowest BCUT2D eigenvalue weighted by Gasteiger charge is -2.18. The fraction of sp³-hybridized carbons (Fsp3) is 0.545. The third kappa shape index (κ3) is 5.03. The van der Waals surface area contributed by atoms with Crippen molar-refractivity contribution in [2.75, 3.05) is 20.6 Å². The SMILES string of the molecule is CN(C)CCC(Cc1ccc(Br)cn1)NN. The fourth-order valence-electron chi connectivity index (χ4n) is 1.44. The van der Waals surface area contributed by atoms with Gasteiger partial charge in [-0.15, -0.1) is 0 Å². The summed E-state index contributed by atoms with van der Waals surface area (Å²) in [6, 6.07) is 4.29. The van der Waals surface area contributed by atoms with Crippen LogP contribution in [-0.4, -0.2) is 36.6 Å². The maximum absolute atomic E-state index is 5.53. The summed E-state index contributed by atoms with van der Waals surface area (Å²) < 4.78 is 1.00. The minimum absolute atomic E-state index is 0.274. The molecule has 1 unspecified atom stereocenters. The van der Waals surface area contributed by atoms with Crippen molar-refractivity contribution in [3.05, 3.63) is 28.5 Å². The van der Waals surface area contributed by atoms with Crippen molar-refractivity contribution in [2.24, 2.45) is 5.84 Å². The van der Waals surface area contributed by atoms with Gasteiger partial charge in [0.05, 0.1) is 0 Å². The Balaban J connectivity index is 2.46. The van der Waals surface area contributed by atoms with Crippen LogP contribution in [0.4, 0.5) is 0 Å². The molecule has 0 aromatic carbocycles. The Morgan fingerprint density at radius 2 is 2.25 bits per heavy atom. The molecule has 1 aromatic heterocycles. The van der Waals surface area contributed by atoms with Crippen molar-refractivity contribution in [3.8, 4) is 0 Å². The van der Waals surface area contributed by atoms with Crippen LogP contribution in [0.2, 0.25) is 0 Å². The first-order valence-corrected chi connectivity index (χ1v) is 6.12. The summed E-state index contributed by atoms with van der Waals surface area (Å²) in [5, 5.41) is 0. The summed E-state index contributed by atoms with van der Waals surface area (Å²) in [6.45, 7) is 1.02. The Kier molecular flexibility index (Phi) is 5.90. The highest BCUT2D eigenvalue weighted by molar-refractivity contribution is 9.10. The first-order valence-electron chi connectivity index (χ1n) is 5.33. The molecule has 3 N–H and O–H groups in total. The van der Waals surface area contributed by atoms with Crippen molar-refractivity contribution >= 4 is 15.9 Å². The molecule has 1 atom stereocenters. The number of aromatic nitrogens is 1. The highest BCUT2D eigenvalue weighted by atomic mass is 79.9. The van der Waals surface area contributed by atoms with E-state index in [1.165, 1.54) is 0 Å². The molecule has 0 bridgehead atoms. The van der Waals surface area contributed by atoms with E-state index in [2.05, 4.69) is 45.3 Å². The van der Waals surface area contributed by atoms with E-state index in [4.69, 9.17) is 5.84 Å². The van der Waals surface area contributed by atoms with Gasteiger partial charge in [-0.05, 0) is 55.1 Å². The van der Waals surface area contributed by atoms with Crippen LogP contribution in [0.3, 0.4) is 0 Å². The molecule has 0 spiro atoms. The highest BCUT2D eigenvalue weighted by Crippen LogP contribution is 2.09. The molecule has 0 aliphatic rings. The first kappa shape index (κ1) is 13.6. The van der Waals surface area contributed by atoms with Crippen molar-refractivity contribution < 1.29 is 0 Å². The predicted octanol–water partition coefficient (Wildman–Crippen LogP) is 1.17. The lowest BCUT2D eigenvalue weighted by Crippen LogP contribution is -2.39. The van der Waals surface area contributed by atoms with Crippen LogP contribution >= 0.6 is 15.9 Å². The Morgan fingerprint density at radius 1 is 1.50 bits per heavy atom. The summed E-state index contributed by atoms with van der Waals surface area (Å²) in [5.74, 6) is 5.53. The molecule has 0 saturated carbocycles. The lowest BCUT2D eigenvalue weighted by molar-refractivity contribution is 0.357. The van der Waals surface area contributed by atoms with Gasteiger partial charge >= 0.3 is 0 Å². The van der Waals surface area contributed by atoms with Gasteiger partial charge in [-0.2, -0.15) is 0 Å². The number of hydrogen-bond acceptors (Lipinski definition) is 4. The molecule has 5 heteroatoms. The van der Waals surface area contributed by atoms with Gasteiger partial charge in [0.15, 0.2) is 0 Å². The van der Waals surface area contributed by atoms with Gasteiger partial charge in [0.25, 0.3) is 0 Å². The van der Waals surface area contributed by atoms with E-state index in [-0.39, 0.29) is 6.04 Å². The number of halogens is 1. The molecular weight excluding hydrogens is 268 g/mol. The zero-order valence-corrected chi connectivity index (χ0v) is 11.4. The van der Waals surface area contributed by atoms with E-state index in [1.54, 1.807) is 0 Å². The monoisotopic (exact) mass is 286 g/mol. The van der Waals surface area contributed by atoms with Gasteiger partial charge in [-0.25, -0.2) is 0 Å². The maximum atomic E-state index is 5.53. The number of nitrogens with two attached hydrogens (primary N) is 1. The van der Waals surface area contributed by atoms with Crippen LogP contribution in [0.25, 0.3) is 0 Å². The molecule has 0 saturated heterocycles. The summed E-state index contributed by atoms with van der Waals surface area (Å²) in [5.41, 5.74) is 3.90. The molecule has 0 aliphatic carbocycles. The second-order valence-corrected chi connectivity index (χ2v) is 5.04. The van der Waals surface area contributed by atoms with Gasteiger partial charge in [-0.3, -0.25) is 16.3 Å². The van der Waals surface area contributed by atoms with Gasteiger partial charge < -0.3 is 4.90 Å². The zero-order chi connectivity index (χ0) is 12.0. The normalized spacial score (nSPS) is 13.1. The van der Waals surface area contributed by atoms with E-state index in [1.807, 2.05) is 18.3 Å². The van der Waals surface area contributed by atoms with E-state index >= 15 is 0 Å². The number of pyridine rings is 1. The van der Waals surface area contributed by atoms with E-state index in [0.717, 1.165) is 29.6 Å². The van der Waals surface area contributed by atoms with Crippen molar-refractivity contribution in [1.82, 2.24) is 15.3 Å². The van der Waals surface area contributed by atoms with Crippen molar-refractivity contribution in [1.29, 1.82) is 0 Å². The third-order valence-electron chi connectivity index (χ3n) is 2.40. The quantitative estimate of drug-likeness (QED) is 0.609. The van der Waals surface area contributed by atoms with Crippen LogP contribution in [0, 0.1) is 0 Å². The van der Waals surface area contributed by atoms with Crippen LogP contribution in [0.1, 0.15) is 12.1 Å². The minimum Gasteiger partial charge on any atom is -0.309 e. The van der Waals surface area contributed by atoms with Crippen LogP contribution in [-0.2, 0) is 6.42 Å². The standard InChI is InChI=1S/C11H19BrN4/c1-16(2)6-5-11(15-13)7-10-4-3-9(12)8-14-10/h3-4,8,11,15H,5-7,13H2,1-2H3. The Hall–Kier alpha value is -0.490. The molecule has 0 aliphatic heterocycles. The van der Waals surface area contributed by atoms with E-state index < -0.39 is 0 Å². The summed E-state index contributed by atoms with van der Waals surface area (Å²) in [6.07, 6.45) is 3.69. The predicted molar refractivity (Wildman–Crippen MR) is 69.9 cm³/mol. The molecule has 1 rings (SSSR count). The Labute approximate surface area is 105 Å². The van der Waals surface area contributed by atoms with Crippen LogP contribution in [0.5, 0.6) is 0 Å². The zero-order valence-electron chi connectivity index (χ0n) is 9.78. The second-order valence-electron chi connectivity index (χ2n) is 4.13. The Bertz CT molecular complexity index is 299. The molecule has 0 fully saturated rings. The molecular formula is C11H19BrN4. The van der Waals surface area contributed by atoms with Gasteiger partial charge in [0.1, 0.15) is 0 Å². The average molecular weight is 287 g/mol. The number of hydrazine groups is 1. The molecule has 1 heterocycles. The molecule has 90 valence electrons. The minimum atomic E-state index is 0.274. The Morgan fingerprint density at radius 3 is 2.75 bits per heavy atom. The molecule has 1 aromatic rings. The van der Waals surface area contributed by atoms with Gasteiger partial charge in [0.2, 0.25) is 0 Å². The number of nitrogens with zero attached hydrogens (tertiary/aromatic N) is 2. The van der Waals surface area contributed by atoms with Crippen molar-refractivity contribution in [3.63, 3.8) is 0 Å². The van der Waals surface area contributed by atoms with Gasteiger partial charge in [-0.1, -0.05) is 0 Å². The largest absolute Gasteiger partial charge is 0.309 e. The highest BCUT2D eigenvalue weighted by Gasteiger charge is 2.08. The second kappa shape index (κ2) is 6.96. The van der Waals surface area contributed by atoms with Crippen LogP contribution in [0.15, 0.2) is 22.8 Å². The fourth-order valence-corrected chi connectivity index (χ4v) is 1.67. The number of hydrogen-bond donors (Lipinski definition) is 2. The first-order chi connectivity index (χ1) is 7.61. The van der Waals surface area contributed by atoms with Crippen molar-refractivity contribution in [2.45, 2.75) is 18.9 Å². The van der Waals surface area contributed by atoms with Gasteiger partial charge in [0, 0.05) is 28.8 Å². The smallest absolute Gasteiger partial charge is 0.0420 e. The summed E-state index contributed by atoms with van der Waals surface area (Å²) in [4.78, 5) is 6.49. The number of rotatable bonds is 6.